The van der Waals surface area contributed by atoms with Gasteiger partial charge in [-0.3, -0.25) is 4.79 Å². The van der Waals surface area contributed by atoms with Gasteiger partial charge in [0.15, 0.2) is 5.78 Å². The Morgan fingerprint density at radius 1 is 0.783 bits per heavy atom. The molecule has 2 aromatic carbocycles. The average Bonchev–Trinajstić information content (AvgIpc) is 2.55. The zero-order chi connectivity index (χ0) is 16.2. The fourth-order valence-corrected chi connectivity index (χ4v) is 3.29. The Labute approximate surface area is 152 Å². The van der Waals surface area contributed by atoms with E-state index in [1.165, 1.54) is 0 Å². The second kappa shape index (κ2) is 7.39. The van der Waals surface area contributed by atoms with E-state index in [0.29, 0.717) is 13.1 Å². The number of Topliss-reactive ketones (excluding diaryl/α,β-unsaturated/α-hetero) is 1. The Morgan fingerprint density at radius 2 is 1.22 bits per heavy atom. The highest BCUT2D eigenvalue weighted by atomic mass is 79.9. The highest BCUT2D eigenvalue weighted by Crippen LogP contribution is 2.24. The van der Waals surface area contributed by atoms with Crippen LogP contribution in [0, 0.1) is 0 Å². The number of rotatable bonds is 2. The highest BCUT2D eigenvalue weighted by molar-refractivity contribution is 9.10. The average molecular weight is 433 g/mol. The van der Waals surface area contributed by atoms with Crippen LogP contribution in [-0.4, -0.2) is 18.9 Å². The quantitative estimate of drug-likeness (QED) is 0.687. The number of ketones is 1. The molecule has 2 nitrogen and oxygen atoms in total. The maximum absolute atomic E-state index is 12.7. The van der Waals surface area contributed by atoms with Crippen LogP contribution in [0.5, 0.6) is 0 Å². The second-order valence-electron chi connectivity index (χ2n) is 5.31. The van der Waals surface area contributed by atoms with Crippen LogP contribution in [0.15, 0.2) is 68.6 Å². The van der Waals surface area contributed by atoms with Crippen molar-refractivity contribution in [2.75, 3.05) is 13.1 Å². The number of carbonyl (C=O) groups excluding carboxylic acids is 1. The van der Waals surface area contributed by atoms with E-state index in [9.17, 15) is 4.79 Å². The summed E-state index contributed by atoms with van der Waals surface area (Å²) in [7, 11) is 0. The third-order valence-corrected chi connectivity index (χ3v) is 5.13. The van der Waals surface area contributed by atoms with Gasteiger partial charge in [-0.2, -0.15) is 0 Å². The van der Waals surface area contributed by atoms with Crippen molar-refractivity contribution in [1.29, 1.82) is 0 Å². The molecule has 0 radical (unpaired) electrons. The molecule has 0 bridgehead atoms. The molecule has 0 aromatic heterocycles. The molecule has 3 rings (SSSR count). The maximum atomic E-state index is 12.7. The van der Waals surface area contributed by atoms with Gasteiger partial charge in [-0.25, -0.2) is 0 Å². The summed E-state index contributed by atoms with van der Waals surface area (Å²) in [5.41, 5.74) is 3.59. The van der Waals surface area contributed by atoms with Gasteiger partial charge in [0.2, 0.25) is 0 Å². The molecular weight excluding hydrogens is 418 g/mol. The minimum atomic E-state index is 0.107. The van der Waals surface area contributed by atoms with Crippen LogP contribution >= 0.6 is 31.9 Å². The van der Waals surface area contributed by atoms with Crippen LogP contribution in [0.25, 0.3) is 12.2 Å². The first-order valence-corrected chi connectivity index (χ1v) is 8.89. The summed E-state index contributed by atoms with van der Waals surface area (Å²) in [5.74, 6) is 0.107. The van der Waals surface area contributed by atoms with E-state index in [2.05, 4.69) is 37.2 Å². The zero-order valence-electron chi connectivity index (χ0n) is 12.4. The standard InChI is InChI=1S/C19H15Br2NO/c20-17-7-3-1-5-13(17)9-15-11-22-12-16(19(15)23)10-14-6-2-4-8-18(14)21/h1-10,22H,11-12H2/b15-9-,16-10+. The van der Waals surface area contributed by atoms with E-state index in [-0.39, 0.29) is 5.78 Å². The first kappa shape index (κ1) is 16.4. The molecule has 1 saturated heterocycles. The fraction of sp³-hybridized carbons (Fsp3) is 0.105. The molecule has 23 heavy (non-hydrogen) atoms. The molecule has 0 spiro atoms. The smallest absolute Gasteiger partial charge is 0.187 e. The molecule has 0 unspecified atom stereocenters. The van der Waals surface area contributed by atoms with Gasteiger partial charge in [-0.15, -0.1) is 0 Å². The van der Waals surface area contributed by atoms with Crippen molar-refractivity contribution in [2.24, 2.45) is 0 Å². The molecule has 2 aromatic rings. The normalized spacial score (nSPS) is 18.6. The summed E-state index contributed by atoms with van der Waals surface area (Å²) in [5, 5.41) is 3.31. The lowest BCUT2D eigenvalue weighted by molar-refractivity contribution is -0.112. The van der Waals surface area contributed by atoms with E-state index in [1.54, 1.807) is 0 Å². The molecule has 0 atom stereocenters. The summed E-state index contributed by atoms with van der Waals surface area (Å²) in [6.45, 7) is 1.18. The van der Waals surface area contributed by atoms with Gasteiger partial charge < -0.3 is 5.32 Å². The van der Waals surface area contributed by atoms with Crippen molar-refractivity contribution < 1.29 is 4.79 Å². The van der Waals surface area contributed by atoms with E-state index < -0.39 is 0 Å². The second-order valence-corrected chi connectivity index (χ2v) is 7.02. The Hall–Kier alpha value is -1.49. The Balaban J connectivity index is 1.93. The maximum Gasteiger partial charge on any atom is 0.187 e. The predicted molar refractivity (Wildman–Crippen MR) is 102 cm³/mol. The SMILES string of the molecule is O=C1/C(=C\c2ccccc2Br)CNC/C1=C\c1ccccc1Br. The van der Waals surface area contributed by atoms with Crippen molar-refractivity contribution >= 4 is 49.8 Å². The zero-order valence-corrected chi connectivity index (χ0v) is 15.5. The fourth-order valence-electron chi connectivity index (χ4n) is 2.49. The molecule has 0 aliphatic carbocycles. The summed E-state index contributed by atoms with van der Waals surface area (Å²) in [4.78, 5) is 12.7. The van der Waals surface area contributed by atoms with Gasteiger partial charge in [0.05, 0.1) is 0 Å². The number of carbonyl (C=O) groups is 1. The van der Waals surface area contributed by atoms with Crippen LogP contribution < -0.4 is 5.32 Å². The number of hydrogen-bond acceptors (Lipinski definition) is 2. The van der Waals surface area contributed by atoms with Crippen molar-refractivity contribution in [2.45, 2.75) is 0 Å². The van der Waals surface area contributed by atoms with Crippen LogP contribution in [0.4, 0.5) is 0 Å². The van der Waals surface area contributed by atoms with Gasteiger partial charge in [0, 0.05) is 33.2 Å². The van der Waals surface area contributed by atoms with Gasteiger partial charge in [0.1, 0.15) is 0 Å². The number of benzene rings is 2. The third kappa shape index (κ3) is 3.89. The van der Waals surface area contributed by atoms with Gasteiger partial charge in [0.25, 0.3) is 0 Å². The lowest BCUT2D eigenvalue weighted by Crippen LogP contribution is -2.32. The highest BCUT2D eigenvalue weighted by Gasteiger charge is 2.20. The van der Waals surface area contributed by atoms with Crippen LogP contribution in [0.2, 0.25) is 0 Å². The molecular formula is C19H15Br2NO. The molecule has 116 valence electrons. The Morgan fingerprint density at radius 3 is 1.65 bits per heavy atom. The van der Waals surface area contributed by atoms with E-state index in [4.69, 9.17) is 0 Å². The van der Waals surface area contributed by atoms with Gasteiger partial charge in [-0.1, -0.05) is 68.3 Å². The molecule has 0 amide bonds. The topological polar surface area (TPSA) is 29.1 Å². The van der Waals surface area contributed by atoms with Crippen molar-refractivity contribution in [3.63, 3.8) is 0 Å². The Kier molecular flexibility index (Phi) is 5.26. The first-order valence-electron chi connectivity index (χ1n) is 7.31. The van der Waals surface area contributed by atoms with Crippen LogP contribution in [-0.2, 0) is 4.79 Å². The largest absolute Gasteiger partial charge is 0.308 e. The molecule has 1 N–H and O–H groups in total. The van der Waals surface area contributed by atoms with Gasteiger partial charge >= 0.3 is 0 Å². The lowest BCUT2D eigenvalue weighted by Gasteiger charge is -2.18. The van der Waals surface area contributed by atoms with Gasteiger partial charge in [-0.05, 0) is 35.4 Å². The van der Waals surface area contributed by atoms with Crippen molar-refractivity contribution in [1.82, 2.24) is 5.32 Å². The number of piperidine rings is 1. The summed E-state index contributed by atoms with van der Waals surface area (Å²) in [6.07, 6.45) is 3.90. The van der Waals surface area contributed by atoms with Crippen molar-refractivity contribution in [3.8, 4) is 0 Å². The summed E-state index contributed by atoms with van der Waals surface area (Å²) >= 11 is 7.05. The Bertz CT molecular complexity index is 743. The summed E-state index contributed by atoms with van der Waals surface area (Å²) < 4.78 is 1.98. The molecule has 1 aliphatic rings. The van der Waals surface area contributed by atoms with Crippen LogP contribution in [0.1, 0.15) is 11.1 Å². The first-order chi connectivity index (χ1) is 11.1. The van der Waals surface area contributed by atoms with E-state index >= 15 is 0 Å². The molecule has 1 heterocycles. The minimum Gasteiger partial charge on any atom is -0.308 e. The number of hydrogen-bond donors (Lipinski definition) is 1. The number of halogens is 2. The van der Waals surface area contributed by atoms with E-state index in [0.717, 1.165) is 31.2 Å². The minimum absolute atomic E-state index is 0.107. The van der Waals surface area contributed by atoms with Crippen LogP contribution in [0.3, 0.4) is 0 Å². The molecule has 4 heteroatoms. The summed E-state index contributed by atoms with van der Waals surface area (Å²) in [6, 6.07) is 15.8. The third-order valence-electron chi connectivity index (χ3n) is 3.68. The predicted octanol–water partition coefficient (Wildman–Crippen LogP) is 4.85. The monoisotopic (exact) mass is 431 g/mol. The molecule has 1 aliphatic heterocycles. The van der Waals surface area contributed by atoms with E-state index in [1.807, 2.05) is 60.7 Å². The molecule has 0 saturated carbocycles. The van der Waals surface area contributed by atoms with Crippen molar-refractivity contribution in [3.05, 3.63) is 79.7 Å². The number of nitrogens with one attached hydrogen (secondary N) is 1. The molecule has 1 fully saturated rings. The lowest BCUT2D eigenvalue weighted by atomic mass is 9.95.